The Morgan fingerprint density at radius 2 is 2.06 bits per heavy atom. The zero-order valence-electron chi connectivity index (χ0n) is 18.9. The summed E-state index contributed by atoms with van der Waals surface area (Å²) in [4.78, 5) is 34.3. The highest BCUT2D eigenvalue weighted by Crippen LogP contribution is 2.18. The van der Waals surface area contributed by atoms with Crippen LogP contribution >= 0.6 is 0 Å². The predicted octanol–water partition coefficient (Wildman–Crippen LogP) is 1.95. The Hall–Kier alpha value is -4.29. The molecule has 1 unspecified atom stereocenters. The van der Waals surface area contributed by atoms with E-state index < -0.39 is 23.9 Å². The number of hydrogen-bond donors (Lipinski definition) is 5. The molecular weight excluding hydrogens is 445 g/mol. The highest BCUT2D eigenvalue weighted by atomic mass is 19.1. The molecule has 180 valence electrons. The van der Waals surface area contributed by atoms with Crippen molar-refractivity contribution < 1.29 is 19.1 Å². The van der Waals surface area contributed by atoms with Crippen molar-refractivity contribution in [3.63, 3.8) is 0 Å². The molecule has 0 bridgehead atoms. The highest BCUT2D eigenvalue weighted by molar-refractivity contribution is 5.79. The molecule has 3 heterocycles. The summed E-state index contributed by atoms with van der Waals surface area (Å²) < 4.78 is 15.9. The molecule has 0 saturated heterocycles. The van der Waals surface area contributed by atoms with E-state index >= 15 is 0 Å². The van der Waals surface area contributed by atoms with Crippen LogP contribution in [-0.2, 0) is 11.8 Å². The lowest BCUT2D eigenvalue weighted by Crippen LogP contribution is -2.38. The highest BCUT2D eigenvalue weighted by Gasteiger charge is 2.20. The van der Waals surface area contributed by atoms with E-state index in [4.69, 9.17) is 5.11 Å². The molecule has 0 saturated carbocycles. The van der Waals surface area contributed by atoms with Gasteiger partial charge in [0.15, 0.2) is 11.4 Å². The van der Waals surface area contributed by atoms with Gasteiger partial charge in [-0.1, -0.05) is 13.8 Å². The molecule has 0 spiro atoms. The Kier molecular flexibility index (Phi) is 7.90. The molecule has 2 amide bonds. The number of halogens is 1. The fourth-order valence-corrected chi connectivity index (χ4v) is 3.19. The summed E-state index contributed by atoms with van der Waals surface area (Å²) in [7, 11) is 1.76. The van der Waals surface area contributed by atoms with E-state index in [9.17, 15) is 14.0 Å². The second-order valence-corrected chi connectivity index (χ2v) is 7.93. The van der Waals surface area contributed by atoms with E-state index in [1.807, 2.05) is 13.8 Å². The molecule has 0 fully saturated rings. The lowest BCUT2D eigenvalue weighted by Gasteiger charge is -2.16. The van der Waals surface area contributed by atoms with Gasteiger partial charge in [0, 0.05) is 37.5 Å². The van der Waals surface area contributed by atoms with Gasteiger partial charge >= 0.3 is 6.09 Å². The molecule has 0 radical (unpaired) electrons. The van der Waals surface area contributed by atoms with Crippen LogP contribution in [0.5, 0.6) is 0 Å². The van der Waals surface area contributed by atoms with Crippen LogP contribution in [0.3, 0.4) is 0 Å². The Bertz CT molecular complexity index is 1220. The van der Waals surface area contributed by atoms with Crippen LogP contribution in [0, 0.1) is 17.8 Å². The molecule has 0 aromatic carbocycles. The lowest BCUT2D eigenvalue weighted by atomic mass is 9.96. The molecule has 3 rings (SSSR count). The third-order valence-electron chi connectivity index (χ3n) is 4.75. The Morgan fingerprint density at radius 1 is 1.26 bits per heavy atom. The number of aromatic amines is 1. The average molecular weight is 471 g/mol. The Morgan fingerprint density at radius 3 is 2.74 bits per heavy atom. The first kappa shape index (κ1) is 24.4. The van der Waals surface area contributed by atoms with Crippen molar-refractivity contribution in [3.05, 3.63) is 48.1 Å². The molecule has 0 aliphatic carbocycles. The van der Waals surface area contributed by atoms with Crippen LogP contribution in [0.15, 0.2) is 41.8 Å². The second-order valence-electron chi connectivity index (χ2n) is 7.93. The maximum Gasteiger partial charge on any atom is 0.404 e. The van der Waals surface area contributed by atoms with Crippen LogP contribution in [0.25, 0.3) is 11.3 Å². The maximum absolute atomic E-state index is 14.3. The number of carboxylic acid groups (broad SMARTS) is 1. The average Bonchev–Trinajstić information content (AvgIpc) is 3.18. The quantitative estimate of drug-likeness (QED) is 0.235. The SMILES string of the molecule is CC(C)CC(CNC(=O)O)C(=O)NN=c1cc(-c2ccnc(Nc3ccnn3C)n2)cc(F)[nH]1. The fraction of sp³-hybridized carbons (Fsp3) is 0.333. The smallest absolute Gasteiger partial charge is 0.404 e. The number of anilines is 2. The number of aryl methyl sites for hydroxylation is 1. The number of H-pyrrole nitrogens is 1. The summed E-state index contributed by atoms with van der Waals surface area (Å²) in [6, 6.07) is 6.13. The van der Waals surface area contributed by atoms with Crippen molar-refractivity contribution in [3.8, 4) is 11.3 Å². The van der Waals surface area contributed by atoms with Gasteiger partial charge in [0.1, 0.15) is 5.82 Å². The molecule has 13 heteroatoms. The molecule has 34 heavy (non-hydrogen) atoms. The Labute approximate surface area is 194 Å². The minimum absolute atomic E-state index is 0.0533. The van der Waals surface area contributed by atoms with E-state index in [0.717, 1.165) is 0 Å². The lowest BCUT2D eigenvalue weighted by molar-refractivity contribution is -0.125. The van der Waals surface area contributed by atoms with Gasteiger partial charge in [-0.2, -0.15) is 14.6 Å². The van der Waals surface area contributed by atoms with E-state index in [2.05, 4.69) is 41.2 Å². The van der Waals surface area contributed by atoms with Crippen LogP contribution < -0.4 is 21.5 Å². The van der Waals surface area contributed by atoms with Gasteiger partial charge in [-0.3, -0.25) is 9.48 Å². The van der Waals surface area contributed by atoms with Gasteiger partial charge in [-0.05, 0) is 24.5 Å². The van der Waals surface area contributed by atoms with Crippen LogP contribution in [-0.4, -0.2) is 48.4 Å². The first-order valence-corrected chi connectivity index (χ1v) is 10.5. The second kappa shape index (κ2) is 11.0. The molecule has 0 aliphatic rings. The number of rotatable bonds is 9. The summed E-state index contributed by atoms with van der Waals surface area (Å²) in [5, 5.41) is 22.1. The van der Waals surface area contributed by atoms with Gasteiger partial charge < -0.3 is 20.7 Å². The largest absolute Gasteiger partial charge is 0.465 e. The molecule has 12 nitrogen and oxygen atoms in total. The summed E-state index contributed by atoms with van der Waals surface area (Å²) in [5.74, 6) is -0.663. The standard InChI is InChI=1S/C21H26FN9O3/c1-12(2)8-14(11-24-21(33)34)19(32)30-29-17-10-13(9-16(22)27-17)15-4-6-23-20(26-15)28-18-5-7-25-31(18)3/h4-7,9-10,12,14,24H,8,11H2,1-3H3,(H,27,29)(H,30,32)(H,33,34)(H,23,26,28). The van der Waals surface area contributed by atoms with Crippen LogP contribution in [0.2, 0.25) is 0 Å². The van der Waals surface area contributed by atoms with Crippen molar-refractivity contribution in [2.45, 2.75) is 20.3 Å². The van der Waals surface area contributed by atoms with Crippen molar-refractivity contribution >= 4 is 23.8 Å². The number of amides is 2. The number of carbonyl (C=O) groups excluding carboxylic acids is 1. The van der Waals surface area contributed by atoms with Crippen molar-refractivity contribution in [2.75, 3.05) is 11.9 Å². The minimum Gasteiger partial charge on any atom is -0.465 e. The van der Waals surface area contributed by atoms with Crippen molar-refractivity contribution in [2.24, 2.45) is 24.0 Å². The number of aromatic nitrogens is 5. The third kappa shape index (κ3) is 6.85. The molecular formula is C21H26FN9O3. The molecule has 3 aromatic rings. The van der Waals surface area contributed by atoms with Gasteiger partial charge in [0.2, 0.25) is 11.9 Å². The van der Waals surface area contributed by atoms with Crippen molar-refractivity contribution in [1.82, 2.24) is 35.5 Å². The topological polar surface area (TPSA) is 162 Å². The Balaban J connectivity index is 1.80. The summed E-state index contributed by atoms with van der Waals surface area (Å²) in [5.41, 5.74) is 3.27. The first-order valence-electron chi connectivity index (χ1n) is 10.5. The van der Waals surface area contributed by atoms with E-state index in [0.29, 0.717) is 29.4 Å². The van der Waals surface area contributed by atoms with Gasteiger partial charge in [-0.15, -0.1) is 0 Å². The van der Waals surface area contributed by atoms with E-state index in [1.54, 1.807) is 30.1 Å². The monoisotopic (exact) mass is 471 g/mol. The van der Waals surface area contributed by atoms with E-state index in [-0.39, 0.29) is 18.0 Å². The fourth-order valence-electron chi connectivity index (χ4n) is 3.19. The summed E-state index contributed by atoms with van der Waals surface area (Å²) in [6.07, 6.45) is 2.39. The van der Waals surface area contributed by atoms with E-state index in [1.165, 1.54) is 18.3 Å². The first-order chi connectivity index (χ1) is 16.2. The molecule has 3 aromatic heterocycles. The van der Waals surface area contributed by atoms with Crippen LogP contribution in [0.1, 0.15) is 20.3 Å². The number of pyridine rings is 1. The molecule has 1 atom stereocenters. The normalized spacial score (nSPS) is 12.4. The number of hydrogen-bond acceptors (Lipinski definition) is 7. The number of nitrogens with zero attached hydrogens (tertiary/aromatic N) is 5. The zero-order chi connectivity index (χ0) is 24.7. The molecule has 0 aliphatic heterocycles. The predicted molar refractivity (Wildman–Crippen MR) is 121 cm³/mol. The zero-order valence-corrected chi connectivity index (χ0v) is 18.9. The van der Waals surface area contributed by atoms with Crippen molar-refractivity contribution in [1.29, 1.82) is 0 Å². The third-order valence-corrected chi connectivity index (χ3v) is 4.75. The maximum atomic E-state index is 14.3. The van der Waals surface area contributed by atoms with Gasteiger partial charge in [-0.25, -0.2) is 20.2 Å². The summed E-state index contributed by atoms with van der Waals surface area (Å²) in [6.45, 7) is 3.79. The molecule has 5 N–H and O–H groups in total. The number of carbonyl (C=O) groups is 2. The summed E-state index contributed by atoms with van der Waals surface area (Å²) >= 11 is 0. The minimum atomic E-state index is -1.22. The van der Waals surface area contributed by atoms with Gasteiger partial charge in [0.25, 0.3) is 0 Å². The van der Waals surface area contributed by atoms with Gasteiger partial charge in [0.05, 0.1) is 17.8 Å². The van der Waals surface area contributed by atoms with Crippen LogP contribution in [0.4, 0.5) is 21.0 Å². The number of nitrogens with one attached hydrogen (secondary N) is 4.